The van der Waals surface area contributed by atoms with E-state index in [2.05, 4.69) is 10.2 Å². The van der Waals surface area contributed by atoms with Crippen molar-refractivity contribution in [1.82, 2.24) is 5.32 Å². The van der Waals surface area contributed by atoms with Crippen molar-refractivity contribution in [2.75, 3.05) is 20.3 Å². The van der Waals surface area contributed by atoms with E-state index in [0.717, 1.165) is 6.42 Å². The Kier molecular flexibility index (Phi) is 7.63. The zero-order valence-electron chi connectivity index (χ0n) is 12.6. The van der Waals surface area contributed by atoms with E-state index in [1.807, 2.05) is 0 Å². The largest absolute Gasteiger partial charge is 0.394 e. The highest BCUT2D eigenvalue weighted by Gasteiger charge is 2.43. The number of aliphatic hydroxyl groups excluding tert-OH is 5. The molecule has 0 aliphatic heterocycles. The molecular weight excluding hydrogens is 298 g/mol. The van der Waals surface area contributed by atoms with Gasteiger partial charge in [-0.05, 0) is 25.2 Å². The fourth-order valence-electron chi connectivity index (χ4n) is 2.32. The molecule has 0 saturated heterocycles. The van der Waals surface area contributed by atoms with Gasteiger partial charge in [0.2, 0.25) is 0 Å². The molecule has 1 aliphatic rings. The van der Waals surface area contributed by atoms with E-state index in [0.29, 0.717) is 6.61 Å². The third-order valence-electron chi connectivity index (χ3n) is 3.91. The van der Waals surface area contributed by atoms with E-state index < -0.39 is 36.9 Å². The Morgan fingerprint density at radius 1 is 1.27 bits per heavy atom. The fraction of sp³-hybridized carbons (Fsp3) is 0.923. The Bertz CT molecular complexity index is 355. The molecule has 0 aromatic carbocycles. The summed E-state index contributed by atoms with van der Waals surface area (Å²) in [5, 5.41) is 49.2. The van der Waals surface area contributed by atoms with Crippen LogP contribution >= 0.6 is 0 Å². The summed E-state index contributed by atoms with van der Waals surface area (Å²) >= 11 is 0. The van der Waals surface area contributed by atoms with Crippen LogP contribution in [0.3, 0.4) is 0 Å². The van der Waals surface area contributed by atoms with Gasteiger partial charge in [-0.25, -0.2) is 9.78 Å². The first kappa shape index (κ1) is 19.2. The highest BCUT2D eigenvalue weighted by molar-refractivity contribution is 5.81. The van der Waals surface area contributed by atoms with Crippen LogP contribution in [0.4, 0.5) is 0 Å². The molecule has 22 heavy (non-hydrogen) atoms. The van der Waals surface area contributed by atoms with Crippen LogP contribution in [-0.4, -0.2) is 82.2 Å². The number of nitrogens with one attached hydrogen (secondary N) is 1. The van der Waals surface area contributed by atoms with Crippen molar-refractivity contribution in [3.63, 3.8) is 0 Å². The zero-order chi connectivity index (χ0) is 16.9. The molecule has 0 aromatic heterocycles. The van der Waals surface area contributed by atoms with Crippen LogP contribution in [0.2, 0.25) is 0 Å². The summed E-state index contributed by atoms with van der Waals surface area (Å²) in [6.45, 7) is 1.37. The Labute approximate surface area is 128 Å². The number of rotatable bonds is 10. The summed E-state index contributed by atoms with van der Waals surface area (Å²) < 4.78 is 0. The topological polar surface area (TPSA) is 149 Å². The van der Waals surface area contributed by atoms with Gasteiger partial charge in [-0.15, -0.1) is 0 Å². The zero-order valence-corrected chi connectivity index (χ0v) is 12.6. The number of carbonyl (C=O) groups excluding carboxylic acids is 1. The van der Waals surface area contributed by atoms with Gasteiger partial charge in [0, 0.05) is 6.04 Å². The minimum atomic E-state index is -1.91. The number of aliphatic hydroxyl groups is 5. The van der Waals surface area contributed by atoms with Crippen molar-refractivity contribution in [2.45, 2.75) is 43.8 Å². The molecule has 3 unspecified atom stereocenters. The van der Waals surface area contributed by atoms with Gasteiger partial charge in [-0.2, -0.15) is 0 Å². The van der Waals surface area contributed by atoms with Crippen LogP contribution in [-0.2, 0) is 14.6 Å². The van der Waals surface area contributed by atoms with Crippen molar-refractivity contribution >= 4 is 5.91 Å². The summed E-state index contributed by atoms with van der Waals surface area (Å²) in [5.41, 5.74) is 0. The smallest absolute Gasteiger partial charge is 0.251 e. The van der Waals surface area contributed by atoms with Gasteiger partial charge in [-0.1, -0.05) is 0 Å². The van der Waals surface area contributed by atoms with Crippen LogP contribution in [0.1, 0.15) is 13.3 Å². The van der Waals surface area contributed by atoms with Gasteiger partial charge >= 0.3 is 0 Å². The molecular formula is C13H25NO8. The molecule has 6 N–H and O–H groups in total. The lowest BCUT2D eigenvalue weighted by Gasteiger charge is -2.26. The summed E-state index contributed by atoms with van der Waals surface area (Å²) in [6.07, 6.45) is -6.44. The summed E-state index contributed by atoms with van der Waals surface area (Å²) in [7, 11) is 1.41. The predicted molar refractivity (Wildman–Crippen MR) is 73.3 cm³/mol. The summed E-state index contributed by atoms with van der Waals surface area (Å²) in [4.78, 5) is 21.1. The molecule has 9 heteroatoms. The minimum absolute atomic E-state index is 0.177. The van der Waals surface area contributed by atoms with Crippen LogP contribution in [0.15, 0.2) is 0 Å². The van der Waals surface area contributed by atoms with Crippen molar-refractivity contribution in [3.8, 4) is 0 Å². The van der Waals surface area contributed by atoms with E-state index in [1.54, 1.807) is 6.92 Å². The first-order valence-corrected chi connectivity index (χ1v) is 7.12. The minimum Gasteiger partial charge on any atom is -0.394 e. The second-order valence-corrected chi connectivity index (χ2v) is 5.58. The maximum absolute atomic E-state index is 11.8. The van der Waals surface area contributed by atoms with Gasteiger partial charge in [0.1, 0.15) is 18.3 Å². The summed E-state index contributed by atoms with van der Waals surface area (Å²) in [6, 6.07) is -0.250. The van der Waals surface area contributed by atoms with E-state index >= 15 is 0 Å². The molecule has 0 spiro atoms. The lowest BCUT2D eigenvalue weighted by molar-refractivity contribution is -0.275. The van der Waals surface area contributed by atoms with Crippen molar-refractivity contribution in [2.24, 2.45) is 11.8 Å². The average molecular weight is 323 g/mol. The number of hydrogen-bond donors (Lipinski definition) is 6. The third kappa shape index (κ3) is 5.13. The van der Waals surface area contributed by atoms with Gasteiger partial charge < -0.3 is 30.8 Å². The Balaban J connectivity index is 2.41. The van der Waals surface area contributed by atoms with Gasteiger partial charge in [0.15, 0.2) is 6.10 Å². The van der Waals surface area contributed by atoms with Crippen LogP contribution in [0.25, 0.3) is 0 Å². The highest BCUT2D eigenvalue weighted by Crippen LogP contribution is 2.41. The van der Waals surface area contributed by atoms with Gasteiger partial charge in [0.25, 0.3) is 5.91 Å². The molecule has 0 bridgehead atoms. The Morgan fingerprint density at radius 3 is 2.45 bits per heavy atom. The van der Waals surface area contributed by atoms with Crippen LogP contribution < -0.4 is 5.32 Å². The Hall–Kier alpha value is -0.810. The first-order valence-electron chi connectivity index (χ1n) is 7.12. The SMILES string of the molecule is COOCC1CC1C(C)NC(=O)[C@H](O)[C@@H](O)[C@H](O)[C@H](O)CO. The van der Waals surface area contributed by atoms with Crippen molar-refractivity contribution in [3.05, 3.63) is 0 Å². The quantitative estimate of drug-likeness (QED) is 0.186. The maximum atomic E-state index is 11.8. The standard InChI is InChI=1S/C13H25NO8/c1-6(8-3-7(8)5-22-21-2)14-13(20)12(19)11(18)10(17)9(16)4-15/h6-12,15-19H,3-5H2,1-2H3,(H,14,20)/t6?,7?,8?,9-,10-,11+,12-/m1/s1. The molecule has 1 rings (SSSR count). The summed E-state index contributed by atoms with van der Waals surface area (Å²) in [5.74, 6) is -0.432. The molecule has 130 valence electrons. The molecule has 0 heterocycles. The Morgan fingerprint density at radius 2 is 1.91 bits per heavy atom. The van der Waals surface area contributed by atoms with Crippen LogP contribution in [0, 0.1) is 11.8 Å². The van der Waals surface area contributed by atoms with Crippen molar-refractivity contribution < 1.29 is 40.1 Å². The number of carbonyl (C=O) groups is 1. The van der Waals surface area contributed by atoms with E-state index in [-0.39, 0.29) is 17.9 Å². The molecule has 9 nitrogen and oxygen atoms in total. The van der Waals surface area contributed by atoms with E-state index in [9.17, 15) is 25.2 Å². The third-order valence-corrected chi connectivity index (χ3v) is 3.91. The molecule has 1 saturated carbocycles. The lowest BCUT2D eigenvalue weighted by atomic mass is 10.0. The van der Waals surface area contributed by atoms with Crippen LogP contribution in [0.5, 0.6) is 0 Å². The molecule has 7 atom stereocenters. The second kappa shape index (κ2) is 8.73. The average Bonchev–Trinajstić information content (AvgIpc) is 3.29. The van der Waals surface area contributed by atoms with E-state index in [1.165, 1.54) is 7.11 Å². The fourth-order valence-corrected chi connectivity index (χ4v) is 2.32. The molecule has 0 radical (unpaired) electrons. The normalized spacial score (nSPS) is 27.6. The highest BCUT2D eigenvalue weighted by atomic mass is 17.2. The molecule has 1 fully saturated rings. The maximum Gasteiger partial charge on any atom is 0.251 e. The molecule has 1 amide bonds. The number of amides is 1. The molecule has 1 aliphatic carbocycles. The first-order chi connectivity index (χ1) is 10.3. The molecule has 0 aromatic rings. The monoisotopic (exact) mass is 323 g/mol. The van der Waals surface area contributed by atoms with Crippen molar-refractivity contribution in [1.29, 1.82) is 0 Å². The van der Waals surface area contributed by atoms with Gasteiger partial charge in [0.05, 0.1) is 20.3 Å². The lowest BCUT2D eigenvalue weighted by Crippen LogP contribution is -2.53. The van der Waals surface area contributed by atoms with E-state index in [4.69, 9.17) is 9.99 Å². The number of hydrogen-bond acceptors (Lipinski definition) is 8. The predicted octanol–water partition coefficient (Wildman–Crippen LogP) is -2.86. The van der Waals surface area contributed by atoms with Gasteiger partial charge in [-0.3, -0.25) is 4.79 Å². The second-order valence-electron chi connectivity index (χ2n) is 5.58.